The SMILES string of the molecule is CC1=NCC2CC2(N=C2/C=C\CCC(C)c3ccc(SC(C)(C)C)cc32)C1C. The van der Waals surface area contributed by atoms with Crippen LogP contribution < -0.4 is 0 Å². The predicted molar refractivity (Wildman–Crippen MR) is 123 cm³/mol. The Morgan fingerprint density at radius 3 is 2.75 bits per heavy atom. The van der Waals surface area contributed by atoms with Gasteiger partial charge in [0.1, 0.15) is 0 Å². The third kappa shape index (κ3) is 3.75. The minimum atomic E-state index is 0.0817. The Hall–Kier alpha value is -1.35. The van der Waals surface area contributed by atoms with Crippen LogP contribution in [-0.2, 0) is 0 Å². The molecule has 0 spiro atoms. The zero-order valence-electron chi connectivity index (χ0n) is 18.2. The van der Waals surface area contributed by atoms with E-state index in [1.165, 1.54) is 40.3 Å². The summed E-state index contributed by atoms with van der Waals surface area (Å²) in [6.07, 6.45) is 8.16. The van der Waals surface area contributed by atoms with E-state index in [1.54, 1.807) is 0 Å². The molecule has 0 aromatic heterocycles. The normalized spacial score (nSPS) is 34.7. The minimum Gasteiger partial charge on any atom is -0.294 e. The van der Waals surface area contributed by atoms with Crippen LogP contribution >= 0.6 is 11.8 Å². The lowest BCUT2D eigenvalue weighted by atomic mass is 9.86. The first-order valence-corrected chi connectivity index (χ1v) is 11.6. The number of benzene rings is 1. The molecule has 4 rings (SSSR count). The largest absolute Gasteiger partial charge is 0.294 e. The molecule has 150 valence electrons. The van der Waals surface area contributed by atoms with Gasteiger partial charge in [-0.15, -0.1) is 11.8 Å². The number of hydrogen-bond donors (Lipinski definition) is 0. The van der Waals surface area contributed by atoms with E-state index in [2.05, 4.69) is 71.9 Å². The molecule has 0 radical (unpaired) electrons. The Balaban J connectivity index is 1.80. The van der Waals surface area contributed by atoms with E-state index in [1.807, 2.05) is 11.8 Å². The summed E-state index contributed by atoms with van der Waals surface area (Å²) in [4.78, 5) is 11.6. The van der Waals surface area contributed by atoms with Gasteiger partial charge in [-0.2, -0.15) is 0 Å². The van der Waals surface area contributed by atoms with Gasteiger partial charge in [0.2, 0.25) is 0 Å². The zero-order valence-corrected chi connectivity index (χ0v) is 19.1. The minimum absolute atomic E-state index is 0.0817. The second kappa shape index (κ2) is 7.16. The summed E-state index contributed by atoms with van der Waals surface area (Å²) < 4.78 is 0.209. The molecule has 1 aromatic rings. The van der Waals surface area contributed by atoms with Crippen LogP contribution in [0.1, 0.15) is 77.8 Å². The highest BCUT2D eigenvalue weighted by Gasteiger charge is 2.60. The highest BCUT2D eigenvalue weighted by Crippen LogP contribution is 2.55. The van der Waals surface area contributed by atoms with Gasteiger partial charge in [0, 0.05) is 39.3 Å². The van der Waals surface area contributed by atoms with Crippen molar-refractivity contribution < 1.29 is 0 Å². The molecule has 1 aliphatic heterocycles. The van der Waals surface area contributed by atoms with Crippen molar-refractivity contribution in [3.8, 4) is 0 Å². The third-order valence-corrected chi connectivity index (χ3v) is 7.79. The maximum absolute atomic E-state index is 5.49. The molecule has 28 heavy (non-hydrogen) atoms. The van der Waals surface area contributed by atoms with Crippen LogP contribution in [0, 0.1) is 11.8 Å². The second-order valence-electron chi connectivity index (χ2n) is 9.94. The molecule has 3 heteroatoms. The Kier molecular flexibility index (Phi) is 5.10. The summed E-state index contributed by atoms with van der Waals surface area (Å²) >= 11 is 1.95. The molecular weight excluding hydrogens is 360 g/mol. The molecule has 2 nitrogen and oxygen atoms in total. The van der Waals surface area contributed by atoms with Crippen LogP contribution in [0.5, 0.6) is 0 Å². The lowest BCUT2D eigenvalue weighted by Crippen LogP contribution is -2.32. The van der Waals surface area contributed by atoms with Crippen molar-refractivity contribution in [2.24, 2.45) is 21.8 Å². The van der Waals surface area contributed by atoms with Crippen molar-refractivity contribution >= 4 is 23.2 Å². The van der Waals surface area contributed by atoms with Crippen LogP contribution in [-0.4, -0.2) is 28.3 Å². The van der Waals surface area contributed by atoms with Gasteiger partial charge < -0.3 is 0 Å². The monoisotopic (exact) mass is 394 g/mol. The molecule has 0 bridgehead atoms. The molecule has 4 unspecified atom stereocenters. The van der Waals surface area contributed by atoms with Gasteiger partial charge in [0.25, 0.3) is 0 Å². The van der Waals surface area contributed by atoms with Crippen molar-refractivity contribution in [3.63, 3.8) is 0 Å². The van der Waals surface area contributed by atoms with Crippen LogP contribution in [0.2, 0.25) is 0 Å². The fourth-order valence-corrected chi connectivity index (χ4v) is 5.81. The van der Waals surface area contributed by atoms with Gasteiger partial charge >= 0.3 is 0 Å². The number of nitrogens with zero attached hydrogens (tertiary/aromatic N) is 2. The van der Waals surface area contributed by atoms with Crippen LogP contribution in [0.3, 0.4) is 0 Å². The van der Waals surface area contributed by atoms with Crippen molar-refractivity contribution in [1.82, 2.24) is 0 Å². The predicted octanol–water partition coefficient (Wildman–Crippen LogP) is 6.69. The summed E-state index contributed by atoms with van der Waals surface area (Å²) in [6.45, 7) is 14.7. The van der Waals surface area contributed by atoms with E-state index in [-0.39, 0.29) is 10.3 Å². The molecule has 0 saturated heterocycles. The first kappa shape index (κ1) is 19.9. The number of thioether (sulfide) groups is 1. The molecular formula is C25H34N2S. The van der Waals surface area contributed by atoms with Crippen molar-refractivity contribution in [1.29, 1.82) is 0 Å². The lowest BCUT2D eigenvalue weighted by molar-refractivity contribution is 0.486. The maximum atomic E-state index is 5.49. The topological polar surface area (TPSA) is 24.7 Å². The van der Waals surface area contributed by atoms with Crippen LogP contribution in [0.4, 0.5) is 0 Å². The van der Waals surface area contributed by atoms with Gasteiger partial charge in [-0.25, -0.2) is 0 Å². The Bertz CT molecular complexity index is 858. The average Bonchev–Trinajstić information content (AvgIpc) is 3.33. The Morgan fingerprint density at radius 2 is 2.00 bits per heavy atom. The number of hydrogen-bond acceptors (Lipinski definition) is 3. The highest BCUT2D eigenvalue weighted by atomic mass is 32.2. The van der Waals surface area contributed by atoms with Gasteiger partial charge in [0.05, 0.1) is 11.3 Å². The summed E-state index contributed by atoms with van der Waals surface area (Å²) in [5.74, 6) is 1.65. The van der Waals surface area contributed by atoms with Gasteiger partial charge in [0.15, 0.2) is 0 Å². The fraction of sp³-hybridized carbons (Fsp3) is 0.600. The molecule has 1 heterocycles. The Labute approximate surface area is 175 Å². The smallest absolute Gasteiger partial charge is 0.0743 e. The molecule has 1 aromatic carbocycles. The van der Waals surface area contributed by atoms with Gasteiger partial charge in [-0.3, -0.25) is 9.98 Å². The van der Waals surface area contributed by atoms with Crippen LogP contribution in [0.15, 0.2) is 45.2 Å². The van der Waals surface area contributed by atoms with E-state index in [0.717, 1.165) is 13.0 Å². The molecule has 0 amide bonds. The third-order valence-electron chi connectivity index (χ3n) is 6.68. The highest BCUT2D eigenvalue weighted by molar-refractivity contribution is 8.00. The van der Waals surface area contributed by atoms with Crippen molar-refractivity contribution in [2.75, 3.05) is 6.54 Å². The fourth-order valence-electron chi connectivity index (χ4n) is 4.79. The van der Waals surface area contributed by atoms with E-state index in [0.29, 0.717) is 17.8 Å². The van der Waals surface area contributed by atoms with E-state index in [9.17, 15) is 0 Å². The van der Waals surface area contributed by atoms with Crippen molar-refractivity contribution in [3.05, 3.63) is 41.5 Å². The molecule has 3 aliphatic rings. The summed E-state index contributed by atoms with van der Waals surface area (Å²) in [5.41, 5.74) is 5.37. The summed E-state index contributed by atoms with van der Waals surface area (Å²) in [6, 6.07) is 7.08. The second-order valence-corrected chi connectivity index (χ2v) is 11.8. The maximum Gasteiger partial charge on any atom is 0.0743 e. The van der Waals surface area contributed by atoms with Gasteiger partial charge in [-0.05, 0) is 55.9 Å². The van der Waals surface area contributed by atoms with E-state index < -0.39 is 0 Å². The summed E-state index contributed by atoms with van der Waals surface area (Å²) in [7, 11) is 0. The molecule has 2 aliphatic carbocycles. The zero-order chi connectivity index (χ0) is 20.1. The van der Waals surface area contributed by atoms with E-state index in [4.69, 9.17) is 9.98 Å². The number of aliphatic imine (C=N–C) groups is 2. The van der Waals surface area contributed by atoms with E-state index >= 15 is 0 Å². The van der Waals surface area contributed by atoms with Gasteiger partial charge in [-0.1, -0.05) is 46.8 Å². The number of rotatable bonds is 2. The quantitative estimate of drug-likeness (QED) is 0.513. The molecule has 0 N–H and O–H groups in total. The lowest BCUT2D eigenvalue weighted by Gasteiger charge is -2.27. The number of fused-ring (bicyclic) bond motifs is 2. The molecule has 1 fully saturated rings. The summed E-state index contributed by atoms with van der Waals surface area (Å²) in [5, 5.41) is 0. The Morgan fingerprint density at radius 1 is 1.21 bits per heavy atom. The first-order chi connectivity index (χ1) is 13.2. The molecule has 4 atom stereocenters. The average molecular weight is 395 g/mol. The van der Waals surface area contributed by atoms with Crippen molar-refractivity contribution in [2.45, 2.75) is 81.9 Å². The first-order valence-electron chi connectivity index (χ1n) is 10.8. The molecule has 1 saturated carbocycles. The van der Waals surface area contributed by atoms with Crippen LogP contribution in [0.25, 0.3) is 0 Å². The standard InChI is InChI=1S/C25H34N2S/c1-16-9-7-8-10-23(27-25-14-19(25)15-26-18(3)17(25)2)22-13-20(11-12-21(16)22)28-24(4,5)6/h8,10-13,16-17,19H,7,9,14-15H2,1-6H3/b10-8-,27-23?. The number of allylic oxidation sites excluding steroid dienone is 2.